The van der Waals surface area contributed by atoms with Gasteiger partial charge in [-0.1, -0.05) is 0 Å². The van der Waals surface area contributed by atoms with Gasteiger partial charge in [0.25, 0.3) is 0 Å². The van der Waals surface area contributed by atoms with Gasteiger partial charge in [-0.3, -0.25) is 4.79 Å². The van der Waals surface area contributed by atoms with Crippen LogP contribution in [0.25, 0.3) is 0 Å². The van der Waals surface area contributed by atoms with Gasteiger partial charge in [-0.2, -0.15) is 0 Å². The van der Waals surface area contributed by atoms with Crippen molar-refractivity contribution in [2.24, 2.45) is 0 Å². The van der Waals surface area contributed by atoms with E-state index in [1.807, 2.05) is 0 Å². The lowest BCUT2D eigenvalue weighted by atomic mass is 10.5. The maximum Gasteiger partial charge on any atom is 0.155 e. The second-order valence-electron chi connectivity index (χ2n) is 2.09. The number of carbonyl (C=O) groups is 1. The smallest absolute Gasteiger partial charge is 0.155 e. The van der Waals surface area contributed by atoms with Gasteiger partial charge < -0.3 is 14.6 Å². The number of ether oxygens (including phenoxy) is 2. The van der Waals surface area contributed by atoms with Crippen LogP contribution in [0.4, 0.5) is 0 Å². The zero-order valence-corrected chi connectivity index (χ0v) is 6.71. The number of rotatable bonds is 7. The average Bonchev–Trinajstić information content (AvgIpc) is 1.96. The first-order valence-electron chi connectivity index (χ1n) is 3.53. The van der Waals surface area contributed by atoms with E-state index in [0.29, 0.717) is 19.8 Å². The Bertz CT molecular complexity index is 103. The van der Waals surface area contributed by atoms with Crippen molar-refractivity contribution in [1.82, 2.24) is 0 Å². The summed E-state index contributed by atoms with van der Waals surface area (Å²) in [5, 5.41) is 8.29. The van der Waals surface area contributed by atoms with Gasteiger partial charge in [0, 0.05) is 0 Å². The molecule has 0 aromatic carbocycles. The van der Waals surface area contributed by atoms with Crippen molar-refractivity contribution in [3.63, 3.8) is 0 Å². The maximum absolute atomic E-state index is 10.3. The maximum atomic E-state index is 10.3. The van der Waals surface area contributed by atoms with Gasteiger partial charge in [-0.05, 0) is 6.92 Å². The van der Waals surface area contributed by atoms with Crippen LogP contribution in [0.3, 0.4) is 0 Å². The number of hydrogen-bond acceptors (Lipinski definition) is 4. The highest BCUT2D eigenvalue weighted by molar-refractivity contribution is 5.76. The molecule has 0 saturated carbocycles. The Morgan fingerprint density at radius 2 is 1.91 bits per heavy atom. The zero-order valence-electron chi connectivity index (χ0n) is 6.71. The molecule has 0 radical (unpaired) electrons. The monoisotopic (exact) mass is 162 g/mol. The molecule has 1 N–H and O–H groups in total. The molecular formula is C7H14O4. The molecule has 0 amide bonds. The molecule has 0 aliphatic carbocycles. The first-order chi connectivity index (χ1) is 5.27. The van der Waals surface area contributed by atoms with E-state index in [9.17, 15) is 4.79 Å². The highest BCUT2D eigenvalue weighted by Crippen LogP contribution is 1.78. The minimum atomic E-state index is 0.00663. The van der Waals surface area contributed by atoms with E-state index in [0.717, 1.165) is 0 Å². The topological polar surface area (TPSA) is 55.8 Å². The van der Waals surface area contributed by atoms with Crippen molar-refractivity contribution < 1.29 is 19.4 Å². The van der Waals surface area contributed by atoms with Gasteiger partial charge in [-0.25, -0.2) is 0 Å². The predicted octanol–water partition coefficient (Wildman–Crippen LogP) is -0.399. The van der Waals surface area contributed by atoms with E-state index in [4.69, 9.17) is 14.6 Å². The van der Waals surface area contributed by atoms with Crippen LogP contribution >= 0.6 is 0 Å². The normalized spacial score (nSPS) is 10.0. The Kier molecular flexibility index (Phi) is 7.34. The van der Waals surface area contributed by atoms with Crippen LogP contribution in [-0.2, 0) is 14.3 Å². The van der Waals surface area contributed by atoms with Gasteiger partial charge in [0.2, 0.25) is 0 Å². The third-order valence-corrected chi connectivity index (χ3v) is 0.913. The first kappa shape index (κ1) is 10.6. The minimum absolute atomic E-state index is 0.00663. The lowest BCUT2D eigenvalue weighted by Crippen LogP contribution is -2.10. The number of hydrogen-bond donors (Lipinski definition) is 1. The van der Waals surface area contributed by atoms with Crippen LogP contribution in [0.15, 0.2) is 0 Å². The predicted molar refractivity (Wildman–Crippen MR) is 39.4 cm³/mol. The van der Waals surface area contributed by atoms with Crippen LogP contribution in [0.5, 0.6) is 0 Å². The number of aliphatic hydroxyl groups excluding tert-OH is 1. The van der Waals surface area contributed by atoms with Crippen LogP contribution < -0.4 is 0 Å². The summed E-state index contributed by atoms with van der Waals surface area (Å²) >= 11 is 0. The molecule has 0 aliphatic rings. The van der Waals surface area contributed by atoms with Crippen molar-refractivity contribution in [1.29, 1.82) is 0 Å². The van der Waals surface area contributed by atoms with Crippen molar-refractivity contribution in [2.45, 2.75) is 6.92 Å². The molecule has 11 heavy (non-hydrogen) atoms. The third kappa shape index (κ3) is 9.55. The number of carbonyl (C=O) groups excluding carboxylic acids is 1. The lowest BCUT2D eigenvalue weighted by molar-refractivity contribution is -0.122. The highest BCUT2D eigenvalue weighted by Gasteiger charge is 1.92. The Balaban J connectivity index is 2.85. The Hall–Kier alpha value is -0.450. The summed E-state index contributed by atoms with van der Waals surface area (Å²) in [6.07, 6.45) is 0. The summed E-state index contributed by atoms with van der Waals surface area (Å²) < 4.78 is 9.76. The molecule has 0 atom stereocenters. The third-order valence-electron chi connectivity index (χ3n) is 0.913. The molecule has 0 aromatic heterocycles. The van der Waals surface area contributed by atoms with Crippen LogP contribution in [0.2, 0.25) is 0 Å². The van der Waals surface area contributed by atoms with Crippen LogP contribution in [-0.4, -0.2) is 43.9 Å². The fraction of sp³-hybridized carbons (Fsp3) is 0.857. The van der Waals surface area contributed by atoms with Gasteiger partial charge >= 0.3 is 0 Å². The summed E-state index contributed by atoms with van der Waals surface area (Å²) in [7, 11) is 0. The molecule has 0 fully saturated rings. The zero-order chi connectivity index (χ0) is 8.53. The Labute approximate surface area is 66.1 Å². The molecule has 0 unspecified atom stereocenters. The molecule has 0 rings (SSSR count). The molecule has 66 valence electrons. The molecule has 4 nitrogen and oxygen atoms in total. The van der Waals surface area contributed by atoms with E-state index < -0.39 is 0 Å². The van der Waals surface area contributed by atoms with E-state index >= 15 is 0 Å². The van der Waals surface area contributed by atoms with Gasteiger partial charge in [0.1, 0.15) is 6.61 Å². The lowest BCUT2D eigenvalue weighted by Gasteiger charge is -2.01. The quantitative estimate of drug-likeness (QED) is 0.517. The number of Topliss-reactive ketones (excluding diaryl/α,β-unsaturated/α-hetero) is 1. The highest BCUT2D eigenvalue weighted by atomic mass is 16.5. The first-order valence-corrected chi connectivity index (χ1v) is 3.53. The van der Waals surface area contributed by atoms with Crippen LogP contribution in [0.1, 0.15) is 6.92 Å². The Morgan fingerprint density at radius 1 is 1.27 bits per heavy atom. The summed E-state index contributed by atoms with van der Waals surface area (Å²) in [5.41, 5.74) is 0. The van der Waals surface area contributed by atoms with Crippen molar-refractivity contribution in [2.75, 3.05) is 33.0 Å². The largest absolute Gasteiger partial charge is 0.394 e. The number of ketones is 1. The van der Waals surface area contributed by atoms with Crippen LogP contribution in [0, 0.1) is 0 Å². The molecule has 4 heteroatoms. The van der Waals surface area contributed by atoms with Gasteiger partial charge in [0.15, 0.2) is 5.78 Å². The second kappa shape index (κ2) is 7.65. The molecule has 0 saturated heterocycles. The molecule has 0 aliphatic heterocycles. The van der Waals surface area contributed by atoms with Crippen molar-refractivity contribution in [3.8, 4) is 0 Å². The van der Waals surface area contributed by atoms with E-state index in [1.54, 1.807) is 0 Å². The Morgan fingerprint density at radius 3 is 2.45 bits per heavy atom. The molecule has 0 aromatic rings. The van der Waals surface area contributed by atoms with Gasteiger partial charge in [-0.15, -0.1) is 0 Å². The average molecular weight is 162 g/mol. The summed E-state index contributed by atoms with van der Waals surface area (Å²) in [6, 6.07) is 0. The fourth-order valence-corrected chi connectivity index (χ4v) is 0.500. The van der Waals surface area contributed by atoms with Crippen molar-refractivity contribution in [3.05, 3.63) is 0 Å². The minimum Gasteiger partial charge on any atom is -0.394 e. The van der Waals surface area contributed by atoms with Crippen molar-refractivity contribution >= 4 is 5.78 Å². The summed E-state index contributed by atoms with van der Waals surface area (Å²) in [6.45, 7) is 2.78. The van der Waals surface area contributed by atoms with Gasteiger partial charge in [0.05, 0.1) is 26.4 Å². The molecule has 0 bridgehead atoms. The summed E-state index contributed by atoms with van der Waals surface area (Å²) in [5.74, 6) is 0.00663. The molecule has 0 heterocycles. The van der Waals surface area contributed by atoms with E-state index in [1.165, 1.54) is 6.92 Å². The fourth-order valence-electron chi connectivity index (χ4n) is 0.500. The molecular weight excluding hydrogens is 148 g/mol. The second-order valence-corrected chi connectivity index (χ2v) is 2.09. The molecule has 0 spiro atoms. The standard InChI is InChI=1S/C7H14O4/c1-7(9)6-11-5-4-10-3-2-8/h8H,2-6H2,1H3. The van der Waals surface area contributed by atoms with E-state index in [-0.39, 0.29) is 19.0 Å². The van der Waals surface area contributed by atoms with E-state index in [2.05, 4.69) is 0 Å². The summed E-state index contributed by atoms with van der Waals surface area (Å²) in [4.78, 5) is 10.3. The number of aliphatic hydroxyl groups is 1. The SMILES string of the molecule is CC(=O)COCCOCCO.